The summed E-state index contributed by atoms with van der Waals surface area (Å²) >= 11 is 0. The molecule has 0 spiro atoms. The van der Waals surface area contributed by atoms with Crippen LogP contribution in [-0.4, -0.2) is 21.3 Å². The second kappa shape index (κ2) is 7.68. The van der Waals surface area contributed by atoms with Gasteiger partial charge in [0.25, 0.3) is 0 Å². The molecule has 0 aromatic heterocycles. The fraction of sp³-hybridized carbons (Fsp3) is 0.250. The molecule has 0 aliphatic rings. The third kappa shape index (κ3) is 4.38. The molecule has 0 atom stereocenters. The van der Waals surface area contributed by atoms with E-state index in [0.717, 1.165) is 5.56 Å². The number of aromatic hydroxyl groups is 2. The first-order chi connectivity index (χ1) is 11.4. The number of hydrogen-bond acceptors (Lipinski definition) is 3. The summed E-state index contributed by atoms with van der Waals surface area (Å²) in [6.07, 6.45) is 2.47. The highest BCUT2D eigenvalue weighted by Crippen LogP contribution is 2.35. The zero-order valence-corrected chi connectivity index (χ0v) is 13.9. The van der Waals surface area contributed by atoms with Crippen molar-refractivity contribution in [2.24, 2.45) is 0 Å². The highest BCUT2D eigenvalue weighted by Gasteiger charge is 2.14. The number of carbonyl (C=O) groups is 1. The molecule has 0 aliphatic carbocycles. The number of carboxylic acids is 1. The van der Waals surface area contributed by atoms with E-state index in [2.05, 4.69) is 0 Å². The van der Waals surface area contributed by atoms with E-state index >= 15 is 0 Å². The smallest absolute Gasteiger partial charge is 0.331 e. The standard InChI is InChI=1S/C20H22O4/c1-13(2)19-17(21)11-15(12-18(19)22)10-16(20(23)24)9-8-14-6-4-3-5-7-14/h3-7,10-13,21-22H,8-9H2,1-2H3,(H,23,24)/b16-10+. The van der Waals surface area contributed by atoms with Crippen LogP contribution in [0.5, 0.6) is 11.5 Å². The fourth-order valence-electron chi connectivity index (χ4n) is 2.68. The van der Waals surface area contributed by atoms with Crippen LogP contribution in [-0.2, 0) is 11.2 Å². The van der Waals surface area contributed by atoms with Crippen LogP contribution in [0.25, 0.3) is 6.08 Å². The Bertz CT molecular complexity index is 722. The molecule has 0 saturated heterocycles. The second-order valence-corrected chi connectivity index (χ2v) is 6.09. The second-order valence-electron chi connectivity index (χ2n) is 6.09. The van der Waals surface area contributed by atoms with Crippen molar-refractivity contribution in [3.8, 4) is 11.5 Å². The third-order valence-corrected chi connectivity index (χ3v) is 3.88. The average molecular weight is 326 g/mol. The maximum atomic E-state index is 11.5. The minimum atomic E-state index is -1.00. The van der Waals surface area contributed by atoms with Crippen molar-refractivity contribution >= 4 is 12.0 Å². The van der Waals surface area contributed by atoms with Crippen LogP contribution in [0.15, 0.2) is 48.0 Å². The van der Waals surface area contributed by atoms with E-state index in [1.165, 1.54) is 18.2 Å². The molecule has 0 saturated carbocycles. The summed E-state index contributed by atoms with van der Waals surface area (Å²) in [5, 5.41) is 29.5. The summed E-state index contributed by atoms with van der Waals surface area (Å²) in [5.74, 6) is -1.08. The lowest BCUT2D eigenvalue weighted by molar-refractivity contribution is -0.132. The molecule has 0 aliphatic heterocycles. The maximum absolute atomic E-state index is 11.5. The largest absolute Gasteiger partial charge is 0.507 e. The van der Waals surface area contributed by atoms with Gasteiger partial charge in [-0.3, -0.25) is 0 Å². The zero-order chi connectivity index (χ0) is 17.7. The molecule has 24 heavy (non-hydrogen) atoms. The van der Waals surface area contributed by atoms with Crippen molar-refractivity contribution in [2.75, 3.05) is 0 Å². The van der Waals surface area contributed by atoms with E-state index in [1.807, 2.05) is 44.2 Å². The molecule has 2 aromatic carbocycles. The van der Waals surface area contributed by atoms with Gasteiger partial charge in [-0.25, -0.2) is 4.79 Å². The molecule has 0 bridgehead atoms. The number of carboxylic acid groups (broad SMARTS) is 1. The molecule has 2 rings (SSSR count). The van der Waals surface area contributed by atoms with Crippen LogP contribution in [0.2, 0.25) is 0 Å². The Morgan fingerprint density at radius 2 is 1.67 bits per heavy atom. The van der Waals surface area contributed by atoms with E-state index < -0.39 is 5.97 Å². The number of phenolic OH excluding ortho intramolecular Hbond substituents is 2. The first-order valence-corrected chi connectivity index (χ1v) is 7.92. The van der Waals surface area contributed by atoms with Crippen molar-refractivity contribution in [1.29, 1.82) is 0 Å². The fourth-order valence-corrected chi connectivity index (χ4v) is 2.68. The first kappa shape index (κ1) is 17.6. The summed E-state index contributed by atoms with van der Waals surface area (Å²) in [4.78, 5) is 11.5. The van der Waals surface area contributed by atoms with Gasteiger partial charge in [0.05, 0.1) is 0 Å². The number of benzene rings is 2. The molecule has 0 radical (unpaired) electrons. The van der Waals surface area contributed by atoms with Gasteiger partial charge in [-0.1, -0.05) is 44.2 Å². The summed E-state index contributed by atoms with van der Waals surface area (Å²) in [7, 11) is 0. The van der Waals surface area contributed by atoms with Gasteiger partial charge in [-0.2, -0.15) is 0 Å². The summed E-state index contributed by atoms with van der Waals surface area (Å²) in [6.45, 7) is 3.74. The lowest BCUT2D eigenvalue weighted by Gasteiger charge is -2.12. The van der Waals surface area contributed by atoms with Gasteiger partial charge in [0.1, 0.15) is 11.5 Å². The topological polar surface area (TPSA) is 77.8 Å². The van der Waals surface area contributed by atoms with Gasteiger partial charge < -0.3 is 15.3 Å². The Balaban J connectivity index is 2.26. The van der Waals surface area contributed by atoms with E-state index in [4.69, 9.17) is 0 Å². The minimum absolute atomic E-state index is 0.0240. The molecule has 126 valence electrons. The van der Waals surface area contributed by atoms with Crippen molar-refractivity contribution in [3.63, 3.8) is 0 Å². The lowest BCUT2D eigenvalue weighted by atomic mass is 9.97. The van der Waals surface area contributed by atoms with Crippen LogP contribution in [0.4, 0.5) is 0 Å². The normalized spacial score (nSPS) is 11.7. The van der Waals surface area contributed by atoms with Crippen molar-refractivity contribution in [1.82, 2.24) is 0 Å². The number of hydrogen-bond donors (Lipinski definition) is 3. The molecule has 3 N–H and O–H groups in total. The molecular formula is C20H22O4. The SMILES string of the molecule is CC(C)c1c(O)cc(/C=C(\CCc2ccccc2)C(=O)O)cc1O. The summed E-state index contributed by atoms with van der Waals surface area (Å²) < 4.78 is 0. The van der Waals surface area contributed by atoms with Crippen LogP contribution >= 0.6 is 0 Å². The Labute approximate surface area is 141 Å². The molecule has 4 heteroatoms. The molecule has 0 heterocycles. The first-order valence-electron chi connectivity index (χ1n) is 7.92. The number of phenols is 2. The van der Waals surface area contributed by atoms with Crippen LogP contribution in [0, 0.1) is 0 Å². The van der Waals surface area contributed by atoms with Gasteiger partial charge in [0.15, 0.2) is 0 Å². The van der Waals surface area contributed by atoms with E-state index in [9.17, 15) is 20.1 Å². The van der Waals surface area contributed by atoms with Gasteiger partial charge in [-0.05, 0) is 48.1 Å². The molecule has 4 nitrogen and oxygen atoms in total. The molecule has 0 unspecified atom stereocenters. The van der Waals surface area contributed by atoms with Crippen molar-refractivity contribution in [3.05, 3.63) is 64.7 Å². The van der Waals surface area contributed by atoms with Crippen LogP contribution < -0.4 is 0 Å². The van der Waals surface area contributed by atoms with E-state index in [0.29, 0.717) is 24.0 Å². The third-order valence-electron chi connectivity index (χ3n) is 3.88. The molecule has 0 amide bonds. The van der Waals surface area contributed by atoms with Crippen molar-refractivity contribution < 1.29 is 20.1 Å². The lowest BCUT2D eigenvalue weighted by Crippen LogP contribution is -2.02. The highest BCUT2D eigenvalue weighted by molar-refractivity contribution is 5.92. The predicted molar refractivity (Wildman–Crippen MR) is 94.2 cm³/mol. The summed E-state index contributed by atoms with van der Waals surface area (Å²) in [6, 6.07) is 12.6. The van der Waals surface area contributed by atoms with Gasteiger partial charge in [-0.15, -0.1) is 0 Å². The predicted octanol–water partition coefficient (Wildman–Crippen LogP) is 4.32. The van der Waals surface area contributed by atoms with Crippen molar-refractivity contribution in [2.45, 2.75) is 32.6 Å². The summed E-state index contributed by atoms with van der Waals surface area (Å²) in [5.41, 5.74) is 2.23. The van der Waals surface area contributed by atoms with Gasteiger partial charge in [0.2, 0.25) is 0 Å². The monoisotopic (exact) mass is 326 g/mol. The minimum Gasteiger partial charge on any atom is -0.507 e. The van der Waals surface area contributed by atoms with Crippen LogP contribution in [0.1, 0.15) is 42.9 Å². The van der Waals surface area contributed by atoms with E-state index in [-0.39, 0.29) is 23.0 Å². The average Bonchev–Trinajstić information content (AvgIpc) is 2.51. The van der Waals surface area contributed by atoms with E-state index in [1.54, 1.807) is 0 Å². The molecule has 0 fully saturated rings. The van der Waals surface area contributed by atoms with Gasteiger partial charge >= 0.3 is 5.97 Å². The molecule has 2 aromatic rings. The Morgan fingerprint density at radius 1 is 1.08 bits per heavy atom. The quantitative estimate of drug-likeness (QED) is 0.691. The Morgan fingerprint density at radius 3 is 2.17 bits per heavy atom. The Kier molecular flexibility index (Phi) is 5.64. The zero-order valence-electron chi connectivity index (χ0n) is 13.9. The number of rotatable bonds is 6. The number of aryl methyl sites for hydroxylation is 1. The Hall–Kier alpha value is -2.75. The van der Waals surface area contributed by atoms with Crippen LogP contribution in [0.3, 0.4) is 0 Å². The number of aliphatic carboxylic acids is 1. The maximum Gasteiger partial charge on any atom is 0.331 e. The molecular weight excluding hydrogens is 304 g/mol. The highest BCUT2D eigenvalue weighted by atomic mass is 16.4. The van der Waals surface area contributed by atoms with Gasteiger partial charge in [0, 0.05) is 11.1 Å².